The van der Waals surface area contributed by atoms with Crippen molar-refractivity contribution < 1.29 is 22.7 Å². The summed E-state index contributed by atoms with van der Waals surface area (Å²) < 4.78 is 37.7. The first-order valence-electron chi connectivity index (χ1n) is 9.25. The molecular formula is C19H22BrN5O5S. The lowest BCUT2D eigenvalue weighted by atomic mass is 10.0. The van der Waals surface area contributed by atoms with Crippen LogP contribution in [0.5, 0.6) is 5.75 Å². The topological polar surface area (TPSA) is 137 Å². The van der Waals surface area contributed by atoms with E-state index in [4.69, 9.17) is 4.42 Å². The van der Waals surface area contributed by atoms with E-state index in [0.29, 0.717) is 5.76 Å². The van der Waals surface area contributed by atoms with Crippen LogP contribution in [-0.4, -0.2) is 50.1 Å². The molecule has 1 aliphatic heterocycles. The maximum Gasteiger partial charge on any atom is 0.367 e. The van der Waals surface area contributed by atoms with Gasteiger partial charge in [0, 0.05) is 14.1 Å². The number of phenols is 1. The van der Waals surface area contributed by atoms with Crippen LogP contribution < -0.4 is 10.6 Å². The number of carbonyl (C=O) groups excluding carboxylic acids is 1. The van der Waals surface area contributed by atoms with Crippen LogP contribution in [-0.2, 0) is 10.2 Å². The molecule has 0 bridgehead atoms. The highest BCUT2D eigenvalue weighted by atomic mass is 79.9. The van der Waals surface area contributed by atoms with Crippen molar-refractivity contribution in [3.63, 3.8) is 0 Å². The van der Waals surface area contributed by atoms with Crippen LogP contribution in [0.3, 0.4) is 0 Å². The van der Waals surface area contributed by atoms with E-state index in [0.717, 1.165) is 4.47 Å². The Balaban J connectivity index is 1.92. The molecule has 3 N–H and O–H groups in total. The summed E-state index contributed by atoms with van der Waals surface area (Å²) in [5, 5.41) is 16.4. The Bertz CT molecular complexity index is 1170. The number of phenolic OH excluding ortho intramolecular Hbond substituents is 1. The number of hydrogen-bond acceptors (Lipinski definition) is 7. The number of rotatable bonds is 5. The van der Waals surface area contributed by atoms with Gasteiger partial charge in [0.2, 0.25) is 0 Å². The lowest BCUT2D eigenvalue weighted by Gasteiger charge is -2.22. The molecule has 2 heterocycles. The number of para-hydroxylation sites is 1. The number of benzene rings is 1. The summed E-state index contributed by atoms with van der Waals surface area (Å²) in [5.74, 6) is -0.286. The molecule has 12 heteroatoms. The van der Waals surface area contributed by atoms with E-state index in [2.05, 4.69) is 35.4 Å². The Kier molecular flexibility index (Phi) is 6.41. The van der Waals surface area contributed by atoms with Crippen molar-refractivity contribution in [1.82, 2.24) is 10.2 Å². The minimum Gasteiger partial charge on any atom is -0.505 e. The molecule has 0 aliphatic carbocycles. The van der Waals surface area contributed by atoms with Crippen LogP contribution in [0.4, 0.5) is 5.69 Å². The number of carbonyl (C=O) groups is 1. The molecule has 1 aromatic heterocycles. The maximum absolute atomic E-state index is 12.3. The smallest absolute Gasteiger partial charge is 0.367 e. The first kappa shape index (κ1) is 22.8. The fourth-order valence-corrected chi connectivity index (χ4v) is 4.00. The highest BCUT2D eigenvalue weighted by Crippen LogP contribution is 2.30. The average Bonchev–Trinajstić information content (AvgIpc) is 3.22. The van der Waals surface area contributed by atoms with Gasteiger partial charge in [0.1, 0.15) is 12.0 Å². The molecule has 0 fully saturated rings. The number of nitrogens with one attached hydrogen (secondary N) is 2. The van der Waals surface area contributed by atoms with Crippen LogP contribution >= 0.6 is 15.9 Å². The molecule has 1 aliphatic rings. The largest absolute Gasteiger partial charge is 0.505 e. The molecule has 0 saturated carbocycles. The van der Waals surface area contributed by atoms with Crippen LogP contribution in [0.1, 0.15) is 36.0 Å². The van der Waals surface area contributed by atoms with Gasteiger partial charge in [-0.1, -0.05) is 19.9 Å². The maximum atomic E-state index is 12.3. The summed E-state index contributed by atoms with van der Waals surface area (Å²) in [4.78, 5) is 13.6. The fraction of sp³-hybridized carbons (Fsp3) is 0.316. The van der Waals surface area contributed by atoms with Crippen LogP contribution in [0.25, 0.3) is 0 Å². The van der Waals surface area contributed by atoms with Crippen LogP contribution in [0.15, 0.2) is 48.2 Å². The minimum absolute atomic E-state index is 0.0137. The monoisotopic (exact) mass is 511 g/mol. The van der Waals surface area contributed by atoms with Crippen molar-refractivity contribution in [2.75, 3.05) is 19.4 Å². The summed E-state index contributed by atoms with van der Waals surface area (Å²) in [7, 11) is -0.994. The van der Waals surface area contributed by atoms with Crippen molar-refractivity contribution in [2.24, 2.45) is 14.7 Å². The van der Waals surface area contributed by atoms with Gasteiger partial charge < -0.3 is 25.1 Å². The predicted molar refractivity (Wildman–Crippen MR) is 121 cm³/mol. The molecule has 0 spiro atoms. The van der Waals surface area contributed by atoms with Gasteiger partial charge in [-0.15, -0.1) is 8.80 Å². The van der Waals surface area contributed by atoms with E-state index in [1.165, 1.54) is 23.3 Å². The number of amidine groups is 2. The van der Waals surface area contributed by atoms with Crippen LogP contribution in [0.2, 0.25) is 0 Å². The molecule has 1 unspecified atom stereocenters. The fourth-order valence-electron chi connectivity index (χ4n) is 2.90. The quantitative estimate of drug-likeness (QED) is 0.524. The van der Waals surface area contributed by atoms with E-state index in [9.17, 15) is 18.3 Å². The van der Waals surface area contributed by atoms with Crippen molar-refractivity contribution in [1.29, 1.82) is 0 Å². The molecule has 2 aromatic rings. The van der Waals surface area contributed by atoms with Gasteiger partial charge in [0.15, 0.2) is 17.4 Å². The van der Waals surface area contributed by atoms with Gasteiger partial charge in [-0.25, -0.2) is 0 Å². The number of amides is 1. The molecule has 1 amide bonds. The van der Waals surface area contributed by atoms with Crippen molar-refractivity contribution in [3.8, 4) is 5.75 Å². The van der Waals surface area contributed by atoms with Crippen LogP contribution in [0, 0.1) is 5.92 Å². The zero-order valence-electron chi connectivity index (χ0n) is 17.2. The lowest BCUT2D eigenvalue weighted by Crippen LogP contribution is -2.38. The van der Waals surface area contributed by atoms with E-state index in [1.807, 2.05) is 13.8 Å². The highest BCUT2D eigenvalue weighted by molar-refractivity contribution is 9.10. The molecule has 0 saturated heterocycles. The van der Waals surface area contributed by atoms with Gasteiger partial charge in [0.05, 0.1) is 21.8 Å². The third-order valence-corrected chi connectivity index (χ3v) is 5.66. The van der Waals surface area contributed by atoms with E-state index in [-0.39, 0.29) is 34.6 Å². The minimum atomic E-state index is -4.11. The summed E-state index contributed by atoms with van der Waals surface area (Å²) in [6.45, 7) is 3.87. The molecule has 31 heavy (non-hydrogen) atoms. The number of aromatic hydroxyl groups is 1. The lowest BCUT2D eigenvalue weighted by molar-refractivity contribution is 0.0824. The van der Waals surface area contributed by atoms with Gasteiger partial charge >= 0.3 is 10.2 Å². The highest BCUT2D eigenvalue weighted by Gasteiger charge is 2.30. The second kappa shape index (κ2) is 8.71. The Morgan fingerprint density at radius 2 is 1.90 bits per heavy atom. The Hall–Kier alpha value is -2.86. The standard InChI is InChI=1S/C19H22BrN5O5S/c1-10(2)15(14-8-11(20)9-30-14)22-18-17(23-31(28,29)24-18)21-13-7-5-6-12(16(13)26)19(27)25(3)4/h5-10,15,26H,1-4H3,(H,21,23)(H,22,24). The van der Waals surface area contributed by atoms with E-state index < -0.39 is 22.2 Å². The van der Waals surface area contributed by atoms with Gasteiger partial charge in [0.25, 0.3) is 5.91 Å². The molecule has 0 radical (unpaired) electrons. The number of nitrogens with zero attached hydrogens (tertiary/aromatic N) is 3. The van der Waals surface area contributed by atoms with Gasteiger partial charge in [-0.05, 0) is 40.0 Å². The first-order valence-corrected chi connectivity index (χ1v) is 11.4. The normalized spacial score (nSPS) is 15.9. The Morgan fingerprint density at radius 1 is 1.23 bits per heavy atom. The molecular weight excluding hydrogens is 490 g/mol. The van der Waals surface area contributed by atoms with Gasteiger partial charge in [-0.3, -0.25) is 4.79 Å². The van der Waals surface area contributed by atoms with Crippen molar-refractivity contribution in [2.45, 2.75) is 19.9 Å². The molecule has 1 atom stereocenters. The molecule has 10 nitrogen and oxygen atoms in total. The van der Waals surface area contributed by atoms with Crippen molar-refractivity contribution in [3.05, 3.63) is 46.3 Å². The average molecular weight is 512 g/mol. The second-order valence-corrected chi connectivity index (χ2v) is 9.56. The molecule has 3 rings (SSSR count). The number of furan rings is 1. The second-order valence-electron chi connectivity index (χ2n) is 7.39. The SMILES string of the molecule is CC(C)C(NC1=NS(=O)(=O)N=C1Nc1cccc(C(=O)N(C)C)c1O)c1cc(Br)co1. The zero-order chi connectivity index (χ0) is 22.9. The Morgan fingerprint density at radius 3 is 2.48 bits per heavy atom. The van der Waals surface area contributed by atoms with E-state index >= 15 is 0 Å². The summed E-state index contributed by atoms with van der Waals surface area (Å²) >= 11 is 3.33. The number of hydrogen-bond donors (Lipinski definition) is 3. The van der Waals surface area contributed by atoms with Gasteiger partial charge in [-0.2, -0.15) is 8.42 Å². The zero-order valence-corrected chi connectivity index (χ0v) is 19.7. The van der Waals surface area contributed by atoms with E-state index in [1.54, 1.807) is 26.2 Å². The Labute approximate surface area is 188 Å². The number of halogens is 1. The third-order valence-electron chi connectivity index (χ3n) is 4.42. The summed E-state index contributed by atoms with van der Waals surface area (Å²) in [6.07, 6.45) is 1.53. The van der Waals surface area contributed by atoms with Crippen molar-refractivity contribution >= 4 is 49.4 Å². The first-order chi connectivity index (χ1) is 14.5. The summed E-state index contributed by atoms with van der Waals surface area (Å²) in [5.41, 5.74) is 0.170. The summed E-state index contributed by atoms with van der Waals surface area (Å²) in [6, 6.07) is 5.89. The predicted octanol–water partition coefficient (Wildman–Crippen LogP) is 2.90. The third kappa shape index (κ3) is 5.07. The molecule has 1 aromatic carbocycles. The number of anilines is 1. The molecule has 166 valence electrons.